The van der Waals surface area contributed by atoms with Gasteiger partial charge in [0.2, 0.25) is 5.91 Å². The summed E-state index contributed by atoms with van der Waals surface area (Å²) in [5, 5.41) is 16.8. The van der Waals surface area contributed by atoms with Crippen molar-refractivity contribution in [2.24, 2.45) is 0 Å². The predicted octanol–water partition coefficient (Wildman–Crippen LogP) is 4.35. The van der Waals surface area contributed by atoms with Crippen LogP contribution in [-0.2, 0) is 38.0 Å². The van der Waals surface area contributed by atoms with Crippen LogP contribution in [0.15, 0.2) is 78.9 Å². The molecule has 2 heterocycles. The topological polar surface area (TPSA) is 151 Å². The highest BCUT2D eigenvalue weighted by atomic mass is 16.7. The van der Waals surface area contributed by atoms with Crippen molar-refractivity contribution in [3.8, 4) is 11.1 Å². The summed E-state index contributed by atoms with van der Waals surface area (Å²) in [6.45, 7) is 8.09. The van der Waals surface area contributed by atoms with Crippen molar-refractivity contribution in [3.05, 3.63) is 95.6 Å². The molecule has 2 amide bonds. The Labute approximate surface area is 291 Å². The molecule has 2 aliphatic heterocycles. The van der Waals surface area contributed by atoms with Crippen LogP contribution in [0.1, 0.15) is 63.5 Å². The highest BCUT2D eigenvalue weighted by Crippen LogP contribution is 2.44. The van der Waals surface area contributed by atoms with Gasteiger partial charge in [0, 0.05) is 18.4 Å². The zero-order valence-corrected chi connectivity index (χ0v) is 28.7. The van der Waals surface area contributed by atoms with E-state index in [0.29, 0.717) is 0 Å². The van der Waals surface area contributed by atoms with Crippen LogP contribution < -0.4 is 10.6 Å². The Bertz CT molecular complexity index is 1630. The van der Waals surface area contributed by atoms with Gasteiger partial charge in [0.05, 0.1) is 12.7 Å². The lowest BCUT2D eigenvalue weighted by Gasteiger charge is -2.48. The average molecular weight is 689 g/mol. The molecule has 0 aromatic heterocycles. The van der Waals surface area contributed by atoms with E-state index >= 15 is 0 Å². The fourth-order valence-corrected chi connectivity index (χ4v) is 6.67. The van der Waals surface area contributed by atoms with Crippen molar-refractivity contribution in [1.82, 2.24) is 10.6 Å². The van der Waals surface area contributed by atoms with Crippen LogP contribution in [0.3, 0.4) is 0 Å². The van der Waals surface area contributed by atoms with Crippen molar-refractivity contribution in [1.29, 1.82) is 0 Å². The Morgan fingerprint density at radius 3 is 2.16 bits per heavy atom. The normalized spacial score (nSPS) is 25.6. The molecule has 3 aromatic carbocycles. The summed E-state index contributed by atoms with van der Waals surface area (Å²) in [4.78, 5) is 39.1. The molecule has 1 unspecified atom stereocenters. The Kier molecular flexibility index (Phi) is 10.6. The average Bonchev–Trinajstić information content (AvgIpc) is 3.40. The van der Waals surface area contributed by atoms with E-state index in [-0.39, 0.29) is 19.1 Å². The van der Waals surface area contributed by atoms with Gasteiger partial charge in [-0.2, -0.15) is 0 Å². The molecule has 3 aromatic rings. The molecule has 6 rings (SSSR count). The zero-order chi connectivity index (χ0) is 35.6. The van der Waals surface area contributed by atoms with Gasteiger partial charge >= 0.3 is 12.1 Å². The number of carbonyl (C=O) groups is 3. The molecule has 0 radical (unpaired) electrons. The molecule has 266 valence electrons. The van der Waals surface area contributed by atoms with Gasteiger partial charge in [0.1, 0.15) is 36.6 Å². The second-order valence-electron chi connectivity index (χ2n) is 13.8. The number of nitrogens with one attached hydrogen (secondary N) is 2. The van der Waals surface area contributed by atoms with Gasteiger partial charge in [-0.25, -0.2) is 9.59 Å². The Hall–Kier alpha value is -4.33. The quantitative estimate of drug-likeness (QED) is 0.277. The molecule has 0 bridgehead atoms. The van der Waals surface area contributed by atoms with Gasteiger partial charge in [-0.05, 0) is 49.9 Å². The number of aliphatic hydroxyl groups is 1. The number of fused-ring (bicyclic) bond motifs is 4. The van der Waals surface area contributed by atoms with Crippen LogP contribution >= 0.6 is 0 Å². The summed E-state index contributed by atoms with van der Waals surface area (Å²) < 4.78 is 35.8. The van der Waals surface area contributed by atoms with Gasteiger partial charge in [0.25, 0.3) is 0 Å². The summed E-state index contributed by atoms with van der Waals surface area (Å²) in [6.07, 6.45) is -6.80. The lowest BCUT2D eigenvalue weighted by Crippen LogP contribution is -2.67. The Balaban J connectivity index is 1.16. The Morgan fingerprint density at radius 1 is 0.920 bits per heavy atom. The summed E-state index contributed by atoms with van der Waals surface area (Å²) in [5.41, 5.74) is 4.14. The summed E-state index contributed by atoms with van der Waals surface area (Å²) in [5.74, 6) is -1.39. The van der Waals surface area contributed by atoms with Crippen molar-refractivity contribution in [3.63, 3.8) is 0 Å². The van der Waals surface area contributed by atoms with Crippen LogP contribution in [0, 0.1) is 0 Å². The number of rotatable bonds is 9. The minimum absolute atomic E-state index is 0.0334. The second-order valence-corrected chi connectivity index (χ2v) is 13.8. The first-order valence-electron chi connectivity index (χ1n) is 16.8. The third kappa shape index (κ3) is 7.85. The van der Waals surface area contributed by atoms with Gasteiger partial charge in [-0.3, -0.25) is 4.79 Å². The van der Waals surface area contributed by atoms with Gasteiger partial charge in [0.15, 0.2) is 18.6 Å². The van der Waals surface area contributed by atoms with E-state index < -0.39 is 72.7 Å². The van der Waals surface area contributed by atoms with Gasteiger partial charge < -0.3 is 44.2 Å². The maximum absolute atomic E-state index is 13.5. The van der Waals surface area contributed by atoms with E-state index in [4.69, 9.17) is 28.4 Å². The number of benzene rings is 3. The standard InChI is InChI=1S/C38H44N2O10/c1-21(47-36-31(39-22(2)41)32(42)33-29(48-36)20-45-35(49-33)23-13-7-6-8-14-23)30(34(43)50-38(3,4)5)40-37(44)46-19-28-26-17-11-9-15-24(26)25-16-10-12-18-27(25)28/h6-18,21,28-33,35-36,42H,19-20H2,1-5H3,(H,39,41)(H,40,44)/t21-,29-,30+,31-,32-,33-,35?,36-/m1/s1. The monoisotopic (exact) mass is 688 g/mol. The van der Waals surface area contributed by atoms with Crippen LogP contribution in [0.5, 0.6) is 0 Å². The molecule has 8 atom stereocenters. The first kappa shape index (κ1) is 35.5. The zero-order valence-electron chi connectivity index (χ0n) is 28.7. The van der Waals surface area contributed by atoms with E-state index in [2.05, 4.69) is 10.6 Å². The summed E-state index contributed by atoms with van der Waals surface area (Å²) in [7, 11) is 0. The predicted molar refractivity (Wildman–Crippen MR) is 181 cm³/mol. The molecule has 0 saturated carbocycles. The number of carbonyl (C=O) groups excluding carboxylic acids is 3. The smallest absolute Gasteiger partial charge is 0.407 e. The van der Waals surface area contributed by atoms with Crippen LogP contribution in [0.25, 0.3) is 11.1 Å². The highest BCUT2D eigenvalue weighted by molar-refractivity contribution is 5.83. The maximum atomic E-state index is 13.5. The number of amides is 2. The van der Waals surface area contributed by atoms with Gasteiger partial charge in [-0.15, -0.1) is 0 Å². The SMILES string of the molecule is CC(=O)N[C@H]1[C@H](O[C@H](C)[C@H](NC(=O)OCC2c3ccccc3-c3ccccc32)C(=O)OC(C)(C)C)O[C@@H]2COC(c3ccccc3)O[C@H]2[C@@H]1O. The molecule has 0 spiro atoms. The lowest BCUT2D eigenvalue weighted by atomic mass is 9.95. The molecular formula is C38H44N2O10. The van der Waals surface area contributed by atoms with E-state index in [1.54, 1.807) is 27.7 Å². The highest BCUT2D eigenvalue weighted by Gasteiger charge is 2.51. The lowest BCUT2D eigenvalue weighted by molar-refractivity contribution is -0.348. The van der Waals surface area contributed by atoms with Crippen LogP contribution in [0.2, 0.25) is 0 Å². The van der Waals surface area contributed by atoms with Crippen LogP contribution in [-0.4, -0.2) is 84.7 Å². The fourth-order valence-electron chi connectivity index (χ4n) is 6.67. The molecule has 2 saturated heterocycles. The molecule has 12 heteroatoms. The van der Waals surface area contributed by atoms with E-state index in [1.807, 2.05) is 78.9 Å². The Morgan fingerprint density at radius 2 is 1.54 bits per heavy atom. The molecular weight excluding hydrogens is 644 g/mol. The molecule has 1 aliphatic carbocycles. The molecule has 12 nitrogen and oxygen atoms in total. The first-order valence-corrected chi connectivity index (χ1v) is 16.8. The minimum Gasteiger partial charge on any atom is -0.458 e. The molecule has 50 heavy (non-hydrogen) atoms. The van der Waals surface area contributed by atoms with Crippen molar-refractivity contribution in [2.75, 3.05) is 13.2 Å². The van der Waals surface area contributed by atoms with Crippen molar-refractivity contribution >= 4 is 18.0 Å². The third-order valence-electron chi connectivity index (χ3n) is 8.90. The van der Waals surface area contributed by atoms with Crippen LogP contribution in [0.4, 0.5) is 4.79 Å². The van der Waals surface area contributed by atoms with E-state index in [9.17, 15) is 19.5 Å². The third-order valence-corrected chi connectivity index (χ3v) is 8.90. The van der Waals surface area contributed by atoms with E-state index in [1.165, 1.54) is 6.92 Å². The number of esters is 1. The summed E-state index contributed by atoms with van der Waals surface area (Å²) >= 11 is 0. The molecule has 3 N–H and O–H groups in total. The fraction of sp³-hybridized carbons (Fsp3) is 0.447. The number of alkyl carbamates (subject to hydrolysis) is 1. The minimum atomic E-state index is -1.34. The number of aliphatic hydroxyl groups excluding tert-OH is 1. The van der Waals surface area contributed by atoms with Gasteiger partial charge in [-0.1, -0.05) is 78.9 Å². The van der Waals surface area contributed by atoms with E-state index in [0.717, 1.165) is 27.8 Å². The number of hydrogen-bond acceptors (Lipinski definition) is 10. The number of hydrogen-bond donors (Lipinski definition) is 3. The van der Waals surface area contributed by atoms with Crippen molar-refractivity contribution in [2.45, 2.75) is 95.2 Å². The largest absolute Gasteiger partial charge is 0.458 e. The molecule has 3 aliphatic rings. The maximum Gasteiger partial charge on any atom is 0.407 e. The van der Waals surface area contributed by atoms with Crippen molar-refractivity contribution < 1.29 is 47.9 Å². The first-order chi connectivity index (χ1) is 23.9. The second kappa shape index (κ2) is 14.9. The summed E-state index contributed by atoms with van der Waals surface area (Å²) in [6, 6.07) is 22.8. The molecule has 2 fully saturated rings. The number of ether oxygens (including phenoxy) is 6.